The third-order valence-electron chi connectivity index (χ3n) is 6.07. The average Bonchev–Trinajstić information content (AvgIpc) is 3.43. The molecule has 2 heterocycles. The number of benzene rings is 3. The number of hydrogen-bond donors (Lipinski definition) is 1. The molecule has 0 fully saturated rings. The Kier molecular flexibility index (Phi) is 7.87. The highest BCUT2D eigenvalue weighted by Crippen LogP contribution is 2.29. The molecular formula is C30H22N4O8. The molecule has 0 saturated heterocycles. The van der Waals surface area contributed by atoms with Gasteiger partial charge in [-0.25, -0.2) is 14.3 Å². The van der Waals surface area contributed by atoms with E-state index in [0.29, 0.717) is 16.5 Å². The molecule has 210 valence electrons. The quantitative estimate of drug-likeness (QED) is 0.0874. The molecule has 1 amide bonds. The molecule has 1 N–H and O–H groups in total. The maximum Gasteiger partial charge on any atom is 0.345 e. The van der Waals surface area contributed by atoms with Crippen LogP contribution >= 0.6 is 0 Å². The highest BCUT2D eigenvalue weighted by Gasteiger charge is 2.17. The summed E-state index contributed by atoms with van der Waals surface area (Å²) in [6, 6.07) is 21.6. The Hall–Kier alpha value is -6.04. The van der Waals surface area contributed by atoms with Crippen LogP contribution in [0, 0.1) is 10.1 Å². The maximum atomic E-state index is 12.9. The topological polar surface area (TPSA) is 156 Å². The molecule has 42 heavy (non-hydrogen) atoms. The molecule has 3 aromatic carbocycles. The summed E-state index contributed by atoms with van der Waals surface area (Å²) in [5, 5.41) is 18.7. The molecule has 0 aliphatic heterocycles. The molecule has 0 spiro atoms. The molecule has 0 bridgehead atoms. The molecule has 12 nitrogen and oxygen atoms in total. The minimum atomic E-state index is -0.829. The first-order chi connectivity index (χ1) is 20.3. The van der Waals surface area contributed by atoms with Gasteiger partial charge in [0.1, 0.15) is 17.0 Å². The smallest absolute Gasteiger partial charge is 0.345 e. The lowest BCUT2D eigenvalue weighted by Gasteiger charge is -2.09. The number of hydrogen-bond acceptors (Lipinski definition) is 9. The highest BCUT2D eigenvalue weighted by atomic mass is 16.6. The van der Waals surface area contributed by atoms with E-state index in [-0.39, 0.29) is 28.4 Å². The largest absolute Gasteiger partial charge is 0.494 e. The molecule has 0 radical (unpaired) electrons. The first-order valence-electron chi connectivity index (χ1n) is 12.5. The Morgan fingerprint density at radius 1 is 1.07 bits per heavy atom. The van der Waals surface area contributed by atoms with Crippen molar-refractivity contribution in [3.63, 3.8) is 0 Å². The summed E-state index contributed by atoms with van der Waals surface area (Å²) >= 11 is 0. The summed E-state index contributed by atoms with van der Waals surface area (Å²) in [6.45, 7) is -0.631. The van der Waals surface area contributed by atoms with Gasteiger partial charge in [-0.1, -0.05) is 36.4 Å². The van der Waals surface area contributed by atoms with Crippen molar-refractivity contribution in [3.8, 4) is 22.7 Å². The van der Waals surface area contributed by atoms with E-state index >= 15 is 0 Å². The second kappa shape index (κ2) is 12.0. The van der Waals surface area contributed by atoms with E-state index in [1.54, 1.807) is 35.1 Å². The summed E-state index contributed by atoms with van der Waals surface area (Å²) in [7, 11) is 1.30. The van der Waals surface area contributed by atoms with Crippen molar-refractivity contribution in [1.29, 1.82) is 0 Å². The van der Waals surface area contributed by atoms with E-state index in [0.717, 1.165) is 17.8 Å². The fourth-order valence-corrected chi connectivity index (χ4v) is 4.08. The summed E-state index contributed by atoms with van der Waals surface area (Å²) < 4.78 is 17.2. The van der Waals surface area contributed by atoms with E-state index in [4.69, 9.17) is 13.9 Å². The number of methoxy groups -OCH3 is 1. The number of nitrogens with zero attached hydrogens (tertiary/aromatic N) is 3. The maximum absolute atomic E-state index is 12.9. The second-order valence-corrected chi connectivity index (χ2v) is 8.83. The molecule has 0 saturated carbocycles. The van der Waals surface area contributed by atoms with Gasteiger partial charge in [-0.3, -0.25) is 14.9 Å². The van der Waals surface area contributed by atoms with Crippen molar-refractivity contribution in [2.45, 2.75) is 0 Å². The number of rotatable bonds is 9. The zero-order valence-corrected chi connectivity index (χ0v) is 22.1. The van der Waals surface area contributed by atoms with Crippen LogP contribution in [0.15, 0.2) is 100 Å². The minimum absolute atomic E-state index is 0.0740. The number of carbonyl (C=O) groups is 2. The van der Waals surface area contributed by atoms with Crippen LogP contribution in [0.2, 0.25) is 0 Å². The van der Waals surface area contributed by atoms with Gasteiger partial charge in [0, 0.05) is 29.3 Å². The summed E-state index contributed by atoms with van der Waals surface area (Å²) in [6.07, 6.45) is 4.19. The number of fused-ring (bicyclic) bond motifs is 1. The van der Waals surface area contributed by atoms with Gasteiger partial charge < -0.3 is 19.2 Å². The van der Waals surface area contributed by atoms with E-state index in [1.807, 2.05) is 36.4 Å². The fraction of sp³-hybridized carbons (Fsp3) is 0.0667. The molecule has 0 aliphatic rings. The summed E-state index contributed by atoms with van der Waals surface area (Å²) in [5.41, 5.74) is 1.44. The number of carbonyl (C=O) groups excluding carboxylic acids is 2. The van der Waals surface area contributed by atoms with Gasteiger partial charge in [0.25, 0.3) is 11.6 Å². The SMILES string of the molecule is COc1cc([N+](=O)[O-])ccc1NC(=O)COC(=O)/C=C/c1cn(-c2ccccc2)nc1-c1cc2ccccc2oc1=O. The van der Waals surface area contributed by atoms with Gasteiger partial charge in [-0.15, -0.1) is 0 Å². The molecule has 0 unspecified atom stereocenters. The van der Waals surface area contributed by atoms with E-state index in [9.17, 15) is 24.5 Å². The first-order valence-corrected chi connectivity index (χ1v) is 12.5. The standard InChI is InChI=1S/C30H22N4O8/c1-40-26-16-22(34(38)39)12-13-24(26)31-27(35)18-41-28(36)14-11-20-17-33(21-8-3-2-4-9-21)32-29(20)23-15-19-7-5-6-10-25(19)42-30(23)37/h2-17H,18H2,1H3,(H,31,35)/b14-11+. The van der Waals surface area contributed by atoms with Crippen LogP contribution in [-0.4, -0.2) is 40.3 Å². The molecule has 0 aliphatic carbocycles. The molecule has 12 heteroatoms. The van der Waals surface area contributed by atoms with Crippen LogP contribution in [-0.2, 0) is 14.3 Å². The minimum Gasteiger partial charge on any atom is -0.494 e. The molecule has 5 aromatic rings. The molecular weight excluding hydrogens is 544 g/mol. The van der Waals surface area contributed by atoms with Crippen molar-refractivity contribution < 1.29 is 28.4 Å². The lowest BCUT2D eigenvalue weighted by atomic mass is 10.1. The number of nitro groups is 1. The van der Waals surface area contributed by atoms with Crippen LogP contribution in [0.5, 0.6) is 5.75 Å². The summed E-state index contributed by atoms with van der Waals surface area (Å²) in [5.74, 6) is -1.44. The Bertz CT molecular complexity index is 1890. The van der Waals surface area contributed by atoms with E-state index in [1.165, 1.54) is 25.3 Å². The number of nitro benzene ring substituents is 1. The van der Waals surface area contributed by atoms with Crippen molar-refractivity contribution in [3.05, 3.63) is 117 Å². The lowest BCUT2D eigenvalue weighted by Crippen LogP contribution is -2.20. The normalized spacial score (nSPS) is 11.0. The zero-order chi connectivity index (χ0) is 29.6. The van der Waals surface area contributed by atoms with Gasteiger partial charge in [-0.2, -0.15) is 5.10 Å². The van der Waals surface area contributed by atoms with Crippen molar-refractivity contribution >= 4 is 40.3 Å². The Morgan fingerprint density at radius 2 is 1.83 bits per heavy atom. The van der Waals surface area contributed by atoms with Crippen LogP contribution < -0.4 is 15.7 Å². The molecule has 5 rings (SSSR count). The van der Waals surface area contributed by atoms with Crippen LogP contribution in [0.25, 0.3) is 34.0 Å². The third-order valence-corrected chi connectivity index (χ3v) is 6.07. The van der Waals surface area contributed by atoms with Crippen molar-refractivity contribution in [1.82, 2.24) is 9.78 Å². The Morgan fingerprint density at radius 3 is 2.60 bits per heavy atom. The summed E-state index contributed by atoms with van der Waals surface area (Å²) in [4.78, 5) is 48.1. The van der Waals surface area contributed by atoms with Gasteiger partial charge >= 0.3 is 11.6 Å². The van der Waals surface area contributed by atoms with Gasteiger partial charge in [-0.05, 0) is 36.4 Å². The average molecular weight is 567 g/mol. The first kappa shape index (κ1) is 27.5. The van der Waals surface area contributed by atoms with Crippen molar-refractivity contribution in [2.24, 2.45) is 0 Å². The van der Waals surface area contributed by atoms with Crippen LogP contribution in [0.3, 0.4) is 0 Å². The van der Waals surface area contributed by atoms with Crippen LogP contribution in [0.4, 0.5) is 11.4 Å². The number of non-ortho nitro benzene ring substituents is 1. The molecule has 0 atom stereocenters. The number of ether oxygens (including phenoxy) is 2. The number of anilines is 1. The fourth-order valence-electron chi connectivity index (χ4n) is 4.08. The predicted molar refractivity (Wildman–Crippen MR) is 153 cm³/mol. The van der Waals surface area contributed by atoms with Crippen molar-refractivity contribution in [2.75, 3.05) is 19.0 Å². The van der Waals surface area contributed by atoms with Crippen LogP contribution in [0.1, 0.15) is 5.56 Å². The monoisotopic (exact) mass is 566 g/mol. The lowest BCUT2D eigenvalue weighted by molar-refractivity contribution is -0.384. The van der Waals surface area contributed by atoms with E-state index < -0.39 is 29.0 Å². The number of esters is 1. The number of para-hydroxylation sites is 2. The third kappa shape index (κ3) is 6.07. The van der Waals surface area contributed by atoms with Gasteiger partial charge in [0.15, 0.2) is 6.61 Å². The van der Waals surface area contributed by atoms with Gasteiger partial charge in [0.2, 0.25) is 0 Å². The Balaban J connectivity index is 1.35. The molecule has 2 aromatic heterocycles. The number of amides is 1. The Labute approximate surface area is 237 Å². The number of aromatic nitrogens is 2. The zero-order valence-electron chi connectivity index (χ0n) is 22.1. The highest BCUT2D eigenvalue weighted by molar-refractivity contribution is 5.96. The second-order valence-electron chi connectivity index (χ2n) is 8.83. The van der Waals surface area contributed by atoms with E-state index in [2.05, 4.69) is 10.4 Å². The van der Waals surface area contributed by atoms with Gasteiger partial charge in [0.05, 0.1) is 35.0 Å². The number of nitrogens with one attached hydrogen (secondary N) is 1. The predicted octanol–water partition coefficient (Wildman–Crippen LogP) is 4.76.